The van der Waals surface area contributed by atoms with Gasteiger partial charge in [0.15, 0.2) is 0 Å². The summed E-state index contributed by atoms with van der Waals surface area (Å²) in [4.78, 5) is 0. The summed E-state index contributed by atoms with van der Waals surface area (Å²) in [5, 5.41) is 3.41. The molecule has 0 saturated carbocycles. The van der Waals surface area contributed by atoms with Crippen molar-refractivity contribution in [1.82, 2.24) is 0 Å². The van der Waals surface area contributed by atoms with E-state index in [0.717, 1.165) is 24.6 Å². The van der Waals surface area contributed by atoms with Crippen LogP contribution in [0, 0.1) is 5.92 Å². The average molecular weight is 207 g/mol. The monoisotopic (exact) mass is 207 g/mol. The molecule has 0 fully saturated rings. The molecule has 1 rings (SSSR count). The molecule has 15 heavy (non-hydrogen) atoms. The summed E-state index contributed by atoms with van der Waals surface area (Å²) in [5.41, 5.74) is 1.14. The Bertz CT molecular complexity index is 286. The van der Waals surface area contributed by atoms with Crippen molar-refractivity contribution in [3.63, 3.8) is 0 Å². The topological polar surface area (TPSA) is 21.3 Å². The molecule has 0 bridgehead atoms. The number of nitrogens with one attached hydrogen (secondary N) is 1. The van der Waals surface area contributed by atoms with E-state index in [1.165, 1.54) is 6.42 Å². The molecule has 0 aliphatic heterocycles. The maximum absolute atomic E-state index is 5.44. The van der Waals surface area contributed by atoms with Gasteiger partial charge in [0, 0.05) is 18.3 Å². The highest BCUT2D eigenvalue weighted by atomic mass is 16.5. The Labute approximate surface area is 92.6 Å². The SMILES string of the molecule is CCOc1cccc(NCC(C)CC)c1. The second kappa shape index (κ2) is 6.33. The Hall–Kier alpha value is -1.18. The maximum atomic E-state index is 5.44. The lowest BCUT2D eigenvalue weighted by molar-refractivity contribution is 0.340. The fourth-order valence-electron chi connectivity index (χ4n) is 1.30. The minimum absolute atomic E-state index is 0.709. The minimum Gasteiger partial charge on any atom is -0.494 e. The molecule has 0 radical (unpaired) electrons. The molecule has 0 heterocycles. The van der Waals surface area contributed by atoms with Gasteiger partial charge in [0.25, 0.3) is 0 Å². The number of hydrogen-bond donors (Lipinski definition) is 1. The van der Waals surface area contributed by atoms with E-state index in [2.05, 4.69) is 25.2 Å². The Morgan fingerprint density at radius 3 is 2.80 bits per heavy atom. The Morgan fingerprint density at radius 2 is 2.13 bits per heavy atom. The van der Waals surface area contributed by atoms with E-state index >= 15 is 0 Å². The third-order valence-corrected chi connectivity index (χ3v) is 2.50. The van der Waals surface area contributed by atoms with E-state index in [4.69, 9.17) is 4.74 Å². The summed E-state index contributed by atoms with van der Waals surface area (Å²) in [5.74, 6) is 1.65. The van der Waals surface area contributed by atoms with Crippen molar-refractivity contribution in [2.75, 3.05) is 18.5 Å². The first kappa shape index (κ1) is 11.9. The van der Waals surface area contributed by atoms with Gasteiger partial charge in [-0.25, -0.2) is 0 Å². The molecule has 84 valence electrons. The van der Waals surface area contributed by atoms with Crippen molar-refractivity contribution >= 4 is 5.69 Å². The molecular weight excluding hydrogens is 186 g/mol. The van der Waals surface area contributed by atoms with Gasteiger partial charge >= 0.3 is 0 Å². The van der Waals surface area contributed by atoms with E-state index in [1.807, 2.05) is 25.1 Å². The van der Waals surface area contributed by atoms with Crippen LogP contribution in [0.5, 0.6) is 5.75 Å². The normalized spacial score (nSPS) is 12.2. The average Bonchev–Trinajstić information content (AvgIpc) is 2.27. The molecular formula is C13H21NO. The largest absolute Gasteiger partial charge is 0.494 e. The predicted molar refractivity (Wildman–Crippen MR) is 65.6 cm³/mol. The van der Waals surface area contributed by atoms with Crippen molar-refractivity contribution in [3.8, 4) is 5.75 Å². The fraction of sp³-hybridized carbons (Fsp3) is 0.538. The van der Waals surface area contributed by atoms with Crippen LogP contribution in [0.2, 0.25) is 0 Å². The zero-order valence-electron chi connectivity index (χ0n) is 9.92. The summed E-state index contributed by atoms with van der Waals surface area (Å²) in [6, 6.07) is 8.12. The highest BCUT2D eigenvalue weighted by Crippen LogP contribution is 2.17. The molecule has 0 aromatic heterocycles. The standard InChI is InChI=1S/C13H21NO/c1-4-11(3)10-14-12-7-6-8-13(9-12)15-5-2/h6-9,11,14H,4-5,10H2,1-3H3. The molecule has 1 N–H and O–H groups in total. The number of benzene rings is 1. The lowest BCUT2D eigenvalue weighted by atomic mass is 10.1. The van der Waals surface area contributed by atoms with Gasteiger partial charge < -0.3 is 10.1 Å². The van der Waals surface area contributed by atoms with Crippen LogP contribution in [0.3, 0.4) is 0 Å². The van der Waals surface area contributed by atoms with Crippen molar-refractivity contribution < 1.29 is 4.74 Å². The fourth-order valence-corrected chi connectivity index (χ4v) is 1.30. The van der Waals surface area contributed by atoms with E-state index < -0.39 is 0 Å². The molecule has 1 aromatic carbocycles. The third kappa shape index (κ3) is 4.24. The van der Waals surface area contributed by atoms with Crippen molar-refractivity contribution in [2.45, 2.75) is 27.2 Å². The zero-order valence-corrected chi connectivity index (χ0v) is 9.92. The van der Waals surface area contributed by atoms with Crippen LogP contribution in [0.25, 0.3) is 0 Å². The summed E-state index contributed by atoms with van der Waals surface area (Å²) >= 11 is 0. The Balaban J connectivity index is 2.50. The highest BCUT2D eigenvalue weighted by Gasteiger charge is 1.99. The first-order valence-corrected chi connectivity index (χ1v) is 5.73. The van der Waals surface area contributed by atoms with Gasteiger partial charge in [0.1, 0.15) is 5.75 Å². The third-order valence-electron chi connectivity index (χ3n) is 2.50. The second-order valence-electron chi connectivity index (χ2n) is 3.86. The molecule has 1 aromatic rings. The van der Waals surface area contributed by atoms with Crippen LogP contribution in [-0.4, -0.2) is 13.2 Å². The molecule has 0 amide bonds. The molecule has 1 atom stereocenters. The molecule has 0 saturated heterocycles. The van der Waals surface area contributed by atoms with Gasteiger partial charge in [-0.05, 0) is 25.0 Å². The van der Waals surface area contributed by atoms with E-state index in [1.54, 1.807) is 0 Å². The second-order valence-corrected chi connectivity index (χ2v) is 3.86. The predicted octanol–water partition coefficient (Wildman–Crippen LogP) is 3.54. The van der Waals surface area contributed by atoms with E-state index in [-0.39, 0.29) is 0 Å². The Morgan fingerprint density at radius 1 is 1.33 bits per heavy atom. The summed E-state index contributed by atoms with van der Waals surface area (Å²) < 4.78 is 5.44. The molecule has 0 aliphatic rings. The van der Waals surface area contributed by atoms with Crippen LogP contribution in [0.4, 0.5) is 5.69 Å². The molecule has 2 heteroatoms. The molecule has 0 aliphatic carbocycles. The molecule has 1 unspecified atom stereocenters. The van der Waals surface area contributed by atoms with Gasteiger partial charge in [-0.15, -0.1) is 0 Å². The lowest BCUT2D eigenvalue weighted by Gasteiger charge is -2.12. The zero-order chi connectivity index (χ0) is 11.1. The van der Waals surface area contributed by atoms with Gasteiger partial charge in [-0.2, -0.15) is 0 Å². The van der Waals surface area contributed by atoms with Crippen LogP contribution in [0.1, 0.15) is 27.2 Å². The van der Waals surface area contributed by atoms with Crippen LogP contribution in [-0.2, 0) is 0 Å². The quantitative estimate of drug-likeness (QED) is 0.770. The van der Waals surface area contributed by atoms with E-state index in [0.29, 0.717) is 5.92 Å². The number of ether oxygens (including phenoxy) is 1. The van der Waals surface area contributed by atoms with Crippen molar-refractivity contribution in [3.05, 3.63) is 24.3 Å². The lowest BCUT2D eigenvalue weighted by Crippen LogP contribution is -2.10. The van der Waals surface area contributed by atoms with Crippen molar-refractivity contribution in [1.29, 1.82) is 0 Å². The molecule has 0 spiro atoms. The van der Waals surface area contributed by atoms with Gasteiger partial charge in [0.2, 0.25) is 0 Å². The number of hydrogen-bond acceptors (Lipinski definition) is 2. The van der Waals surface area contributed by atoms with Crippen LogP contribution in [0.15, 0.2) is 24.3 Å². The molecule has 2 nitrogen and oxygen atoms in total. The summed E-state index contributed by atoms with van der Waals surface area (Å²) in [6.45, 7) is 8.20. The highest BCUT2D eigenvalue weighted by molar-refractivity contribution is 5.48. The van der Waals surface area contributed by atoms with Crippen LogP contribution >= 0.6 is 0 Å². The first-order valence-electron chi connectivity index (χ1n) is 5.73. The van der Waals surface area contributed by atoms with Crippen LogP contribution < -0.4 is 10.1 Å². The van der Waals surface area contributed by atoms with Gasteiger partial charge in [-0.3, -0.25) is 0 Å². The number of rotatable bonds is 6. The maximum Gasteiger partial charge on any atom is 0.121 e. The first-order chi connectivity index (χ1) is 7.26. The Kier molecular flexibility index (Phi) is 5.02. The van der Waals surface area contributed by atoms with Crippen molar-refractivity contribution in [2.24, 2.45) is 5.92 Å². The summed E-state index contributed by atoms with van der Waals surface area (Å²) in [7, 11) is 0. The smallest absolute Gasteiger partial charge is 0.121 e. The van der Waals surface area contributed by atoms with E-state index in [9.17, 15) is 0 Å². The van der Waals surface area contributed by atoms with Gasteiger partial charge in [0.05, 0.1) is 6.61 Å². The van der Waals surface area contributed by atoms with Gasteiger partial charge in [-0.1, -0.05) is 26.3 Å². The minimum atomic E-state index is 0.709. The summed E-state index contributed by atoms with van der Waals surface area (Å²) in [6.07, 6.45) is 1.21. The number of anilines is 1.